The Kier molecular flexibility index (Phi) is 7.65. The topological polar surface area (TPSA) is 70.9 Å². The predicted octanol–water partition coefficient (Wildman–Crippen LogP) is 1.18. The van der Waals surface area contributed by atoms with Crippen molar-refractivity contribution < 1.29 is 18.1 Å². The van der Waals surface area contributed by atoms with E-state index in [0.29, 0.717) is 37.6 Å². The van der Waals surface area contributed by atoms with Gasteiger partial charge in [0, 0.05) is 6.04 Å². The molecule has 7 heteroatoms. The molecule has 0 aromatic heterocycles. The van der Waals surface area contributed by atoms with Gasteiger partial charge in [-0.15, -0.1) is 0 Å². The fourth-order valence-corrected chi connectivity index (χ4v) is 5.00. The summed E-state index contributed by atoms with van der Waals surface area (Å²) >= 11 is 0. The second-order valence-electron chi connectivity index (χ2n) is 8.86. The summed E-state index contributed by atoms with van der Waals surface area (Å²) in [6, 6.07) is 7.40. The molecule has 1 aliphatic heterocycles. The number of quaternary nitrogens is 1. The molecule has 0 saturated carbocycles. The van der Waals surface area contributed by atoms with E-state index in [1.807, 2.05) is 19.1 Å². The third-order valence-corrected chi connectivity index (χ3v) is 7.24. The molecular formula is C21H36N3O3S+. The van der Waals surface area contributed by atoms with Crippen LogP contribution >= 0.6 is 0 Å². The van der Waals surface area contributed by atoms with Gasteiger partial charge in [-0.25, -0.2) is 8.42 Å². The average molecular weight is 411 g/mol. The molecule has 0 bridgehead atoms. The molecule has 1 aliphatic rings. The van der Waals surface area contributed by atoms with Gasteiger partial charge in [0.2, 0.25) is 10.0 Å². The number of nitrogens with zero attached hydrogens (tertiary/aromatic N) is 1. The van der Waals surface area contributed by atoms with Gasteiger partial charge in [0.15, 0.2) is 6.54 Å². The van der Waals surface area contributed by atoms with Crippen LogP contribution in [0.5, 0.6) is 0 Å². The lowest BCUT2D eigenvalue weighted by atomic mass is 9.87. The van der Waals surface area contributed by atoms with Gasteiger partial charge in [-0.3, -0.25) is 4.79 Å². The maximum absolute atomic E-state index is 12.9. The number of benzene rings is 1. The highest BCUT2D eigenvalue weighted by atomic mass is 32.2. The van der Waals surface area contributed by atoms with Crippen LogP contribution in [0, 0.1) is 0 Å². The largest absolute Gasteiger partial charge is 0.349 e. The number of carbonyl (C=O) groups is 1. The van der Waals surface area contributed by atoms with Crippen molar-refractivity contribution in [1.29, 1.82) is 0 Å². The summed E-state index contributed by atoms with van der Waals surface area (Å²) in [7, 11) is -3.48. The lowest BCUT2D eigenvalue weighted by Gasteiger charge is -2.31. The Morgan fingerprint density at radius 1 is 1.18 bits per heavy atom. The van der Waals surface area contributed by atoms with Gasteiger partial charge in [0.05, 0.1) is 31.1 Å². The first kappa shape index (κ1) is 22.8. The van der Waals surface area contributed by atoms with Crippen molar-refractivity contribution >= 4 is 15.9 Å². The van der Waals surface area contributed by atoms with Crippen molar-refractivity contribution in [3.05, 3.63) is 29.8 Å². The minimum atomic E-state index is -3.48. The van der Waals surface area contributed by atoms with Crippen molar-refractivity contribution in [3.63, 3.8) is 0 Å². The van der Waals surface area contributed by atoms with Crippen molar-refractivity contribution in [2.45, 2.75) is 63.8 Å². The number of amides is 1. The quantitative estimate of drug-likeness (QED) is 0.709. The summed E-state index contributed by atoms with van der Waals surface area (Å²) < 4.78 is 27.4. The monoisotopic (exact) mass is 410 g/mol. The number of hydrogen-bond donors (Lipinski definition) is 2. The van der Waals surface area contributed by atoms with Crippen LogP contribution < -0.4 is 10.2 Å². The number of nitrogens with one attached hydrogen (secondary N) is 2. The van der Waals surface area contributed by atoms with Crippen LogP contribution in [-0.2, 0) is 20.2 Å². The van der Waals surface area contributed by atoms with Gasteiger partial charge in [-0.05, 0) is 36.5 Å². The zero-order valence-corrected chi connectivity index (χ0v) is 18.7. The first-order valence-electron chi connectivity index (χ1n) is 10.3. The zero-order chi connectivity index (χ0) is 20.9. The van der Waals surface area contributed by atoms with Crippen molar-refractivity contribution in [2.24, 2.45) is 0 Å². The van der Waals surface area contributed by atoms with Gasteiger partial charge in [-0.1, -0.05) is 46.2 Å². The minimum Gasteiger partial charge on any atom is -0.349 e. The van der Waals surface area contributed by atoms with E-state index in [1.54, 1.807) is 16.4 Å². The summed E-state index contributed by atoms with van der Waals surface area (Å²) in [5, 5.41) is 3.02. The summed E-state index contributed by atoms with van der Waals surface area (Å²) in [5.41, 5.74) is 1.11. The summed E-state index contributed by atoms with van der Waals surface area (Å²) in [6.07, 6.45) is 2.02. The second-order valence-corrected chi connectivity index (χ2v) is 10.8. The molecule has 1 aromatic rings. The van der Waals surface area contributed by atoms with Gasteiger partial charge in [-0.2, -0.15) is 4.31 Å². The third-order valence-electron chi connectivity index (χ3n) is 5.33. The molecule has 0 unspecified atom stereocenters. The van der Waals surface area contributed by atoms with Gasteiger partial charge in [0.1, 0.15) is 0 Å². The molecule has 0 aliphatic carbocycles. The van der Waals surface area contributed by atoms with Crippen LogP contribution in [0.25, 0.3) is 0 Å². The fraction of sp³-hybridized carbons (Fsp3) is 0.667. The van der Waals surface area contributed by atoms with E-state index in [-0.39, 0.29) is 17.4 Å². The van der Waals surface area contributed by atoms with E-state index < -0.39 is 10.0 Å². The van der Waals surface area contributed by atoms with Crippen molar-refractivity contribution in [2.75, 3.05) is 32.7 Å². The van der Waals surface area contributed by atoms with E-state index in [2.05, 4.69) is 33.0 Å². The Bertz CT molecular complexity index is 746. The van der Waals surface area contributed by atoms with Crippen LogP contribution in [0.4, 0.5) is 0 Å². The lowest BCUT2D eigenvalue weighted by Crippen LogP contribution is -3.15. The number of sulfonamides is 1. The predicted molar refractivity (Wildman–Crippen MR) is 112 cm³/mol. The highest BCUT2D eigenvalue weighted by Crippen LogP contribution is 2.24. The Morgan fingerprint density at radius 3 is 2.25 bits per heavy atom. The van der Waals surface area contributed by atoms with Crippen LogP contribution in [-0.4, -0.2) is 57.4 Å². The molecule has 28 heavy (non-hydrogen) atoms. The molecule has 1 amide bonds. The van der Waals surface area contributed by atoms with Gasteiger partial charge in [0.25, 0.3) is 5.91 Å². The third kappa shape index (κ3) is 6.03. The zero-order valence-electron chi connectivity index (χ0n) is 17.9. The molecular weight excluding hydrogens is 374 g/mol. The standard InChI is InChI=1S/C21H35N3O3S/c1-6-7-17(2)22-20(25)16-23-12-14-24(15-13-23)28(26,27)19-10-8-18(9-11-19)21(3,4)5/h8-11,17H,6-7,12-16H2,1-5H3,(H,22,25)/p+1/t17-/m0/s1. The van der Waals surface area contributed by atoms with E-state index >= 15 is 0 Å². The van der Waals surface area contributed by atoms with E-state index in [9.17, 15) is 13.2 Å². The first-order chi connectivity index (χ1) is 13.0. The number of piperazine rings is 1. The Morgan fingerprint density at radius 2 is 1.75 bits per heavy atom. The summed E-state index contributed by atoms with van der Waals surface area (Å²) in [4.78, 5) is 13.6. The molecule has 2 rings (SSSR count). The SMILES string of the molecule is CCC[C@H](C)NC(=O)C[NH+]1CCN(S(=O)(=O)c2ccc(C(C)(C)C)cc2)CC1. The molecule has 1 heterocycles. The van der Waals surface area contributed by atoms with E-state index in [1.165, 1.54) is 0 Å². The second kappa shape index (κ2) is 9.37. The maximum atomic E-state index is 12.9. The van der Waals surface area contributed by atoms with Crippen LogP contribution in [0.2, 0.25) is 0 Å². The lowest BCUT2D eigenvalue weighted by molar-refractivity contribution is -0.895. The molecule has 0 spiro atoms. The fourth-order valence-electron chi connectivity index (χ4n) is 3.55. The maximum Gasteiger partial charge on any atom is 0.275 e. The molecule has 6 nitrogen and oxygen atoms in total. The van der Waals surface area contributed by atoms with Crippen molar-refractivity contribution in [1.82, 2.24) is 9.62 Å². The van der Waals surface area contributed by atoms with Crippen molar-refractivity contribution in [3.8, 4) is 0 Å². The highest BCUT2D eigenvalue weighted by Gasteiger charge is 2.31. The van der Waals surface area contributed by atoms with E-state index in [4.69, 9.17) is 0 Å². The Hall–Kier alpha value is -1.44. The van der Waals surface area contributed by atoms with E-state index in [0.717, 1.165) is 23.3 Å². The number of rotatable bonds is 7. The summed E-state index contributed by atoms with van der Waals surface area (Å²) in [5.74, 6) is 0.0463. The molecule has 1 saturated heterocycles. The highest BCUT2D eigenvalue weighted by molar-refractivity contribution is 7.89. The Labute approximate surface area is 170 Å². The van der Waals surface area contributed by atoms with Gasteiger partial charge >= 0.3 is 0 Å². The van der Waals surface area contributed by atoms with Gasteiger partial charge < -0.3 is 10.2 Å². The molecule has 1 aromatic carbocycles. The molecule has 2 N–H and O–H groups in total. The van der Waals surface area contributed by atoms with Crippen LogP contribution in [0.1, 0.15) is 53.0 Å². The van der Waals surface area contributed by atoms with Crippen LogP contribution in [0.15, 0.2) is 29.2 Å². The molecule has 1 fully saturated rings. The minimum absolute atomic E-state index is 0.00746. The average Bonchev–Trinajstić information content (AvgIpc) is 2.61. The van der Waals surface area contributed by atoms with Crippen LogP contribution in [0.3, 0.4) is 0 Å². The smallest absolute Gasteiger partial charge is 0.275 e. The normalized spacial score (nSPS) is 18.0. The molecule has 158 valence electrons. The molecule has 0 radical (unpaired) electrons. The first-order valence-corrected chi connectivity index (χ1v) is 11.7. The summed E-state index contributed by atoms with van der Waals surface area (Å²) in [6.45, 7) is 13.0. The number of carbonyl (C=O) groups excluding carboxylic acids is 1. The Balaban J connectivity index is 1.92. The number of hydrogen-bond acceptors (Lipinski definition) is 3. The molecule has 1 atom stereocenters.